The van der Waals surface area contributed by atoms with Crippen LogP contribution in [0.3, 0.4) is 0 Å². The van der Waals surface area contributed by atoms with E-state index in [-0.39, 0.29) is 5.56 Å². The summed E-state index contributed by atoms with van der Waals surface area (Å²) < 4.78 is 7.36. The average Bonchev–Trinajstić information content (AvgIpc) is 3.08. The molecule has 0 aliphatic rings. The first kappa shape index (κ1) is 20.8. The number of nitrogens with two attached hydrogens (primary N) is 1. The number of aromatic nitrogens is 3. The normalized spacial score (nSPS) is 11.3. The van der Waals surface area contributed by atoms with Crippen LogP contribution in [0.2, 0.25) is 0 Å². The Morgan fingerprint density at radius 1 is 0.903 bits per heavy atom. The number of anilines is 1. The van der Waals surface area contributed by atoms with Gasteiger partial charge in [0.1, 0.15) is 16.9 Å². The van der Waals surface area contributed by atoms with E-state index in [1.807, 2.05) is 54.6 Å². The molecule has 0 radical (unpaired) electrons. The van der Waals surface area contributed by atoms with Gasteiger partial charge in [-0.3, -0.25) is 4.57 Å². The fraction of sp³-hybridized carbons (Fsp3) is 0.320. The summed E-state index contributed by atoms with van der Waals surface area (Å²) in [6.07, 6.45) is 6.76. The van der Waals surface area contributed by atoms with Crippen LogP contribution < -0.4 is 5.73 Å². The summed E-state index contributed by atoms with van der Waals surface area (Å²) in [5.41, 5.74) is 10.1. The van der Waals surface area contributed by atoms with Gasteiger partial charge in [-0.1, -0.05) is 69.4 Å². The van der Waals surface area contributed by atoms with Crippen LogP contribution in [0, 0.1) is 0 Å². The van der Waals surface area contributed by atoms with Crippen molar-refractivity contribution in [1.82, 2.24) is 14.5 Å². The predicted octanol–water partition coefficient (Wildman–Crippen LogP) is 5.67. The van der Waals surface area contributed by atoms with Crippen molar-refractivity contribution in [3.05, 3.63) is 60.2 Å². The Morgan fingerprint density at radius 3 is 2.29 bits per heavy atom. The molecule has 0 unspecified atom stereocenters. The Morgan fingerprint density at radius 2 is 1.55 bits per heavy atom. The maximum atomic E-state index is 13.0. The lowest BCUT2D eigenvalue weighted by atomic mass is 10.1. The smallest absolute Gasteiger partial charge is 0.344 e. The second kappa shape index (κ2) is 9.60. The van der Waals surface area contributed by atoms with E-state index in [4.69, 9.17) is 20.4 Å². The molecule has 0 atom stereocenters. The van der Waals surface area contributed by atoms with Gasteiger partial charge in [0, 0.05) is 5.69 Å². The first-order valence-corrected chi connectivity index (χ1v) is 11.0. The van der Waals surface area contributed by atoms with Gasteiger partial charge in [-0.15, -0.1) is 0 Å². The highest BCUT2D eigenvalue weighted by Crippen LogP contribution is 2.31. The standard InChI is InChI=1S/C25H28N4O2/c1-2-3-4-5-6-12-17-31-25(30)21-22-24(28-20-16-11-10-15-19(20)27-22)29(23(21)26)18-13-8-7-9-14-18/h7-11,13-16H,2-6,12,17,26H2,1H3. The highest BCUT2D eigenvalue weighted by molar-refractivity contribution is 6.09. The van der Waals surface area contributed by atoms with Crippen LogP contribution >= 0.6 is 0 Å². The van der Waals surface area contributed by atoms with E-state index >= 15 is 0 Å². The lowest BCUT2D eigenvalue weighted by Crippen LogP contribution is -2.10. The molecule has 2 heterocycles. The molecular formula is C25H28N4O2. The Bertz CT molecular complexity index is 1180. The number of benzene rings is 2. The molecule has 0 aliphatic carbocycles. The Balaban J connectivity index is 1.67. The Kier molecular flexibility index (Phi) is 6.46. The van der Waals surface area contributed by atoms with Crippen molar-refractivity contribution in [2.45, 2.75) is 45.4 Å². The summed E-state index contributed by atoms with van der Waals surface area (Å²) in [6, 6.07) is 17.2. The molecule has 4 rings (SSSR count). The number of ether oxygens (including phenoxy) is 1. The second-order valence-corrected chi connectivity index (χ2v) is 7.72. The number of carbonyl (C=O) groups excluding carboxylic acids is 1. The Labute approximate surface area is 182 Å². The molecule has 6 heteroatoms. The van der Waals surface area contributed by atoms with Crippen molar-refractivity contribution in [3.8, 4) is 5.69 Å². The average molecular weight is 417 g/mol. The predicted molar refractivity (Wildman–Crippen MR) is 124 cm³/mol. The van der Waals surface area contributed by atoms with Crippen LogP contribution in [0.5, 0.6) is 0 Å². The maximum Gasteiger partial charge on any atom is 0.344 e. The zero-order valence-corrected chi connectivity index (χ0v) is 17.9. The van der Waals surface area contributed by atoms with Gasteiger partial charge in [-0.2, -0.15) is 0 Å². The SMILES string of the molecule is CCCCCCCCOC(=O)c1c(N)n(-c2ccccc2)c2nc3ccccc3nc12. The highest BCUT2D eigenvalue weighted by atomic mass is 16.5. The molecule has 2 N–H and O–H groups in total. The molecule has 2 aromatic heterocycles. The van der Waals surface area contributed by atoms with Crippen molar-refractivity contribution in [2.75, 3.05) is 12.3 Å². The molecule has 0 bridgehead atoms. The summed E-state index contributed by atoms with van der Waals surface area (Å²) in [4.78, 5) is 22.5. The summed E-state index contributed by atoms with van der Waals surface area (Å²) in [6.45, 7) is 2.58. The molecule has 2 aromatic carbocycles. The number of nitrogen functional groups attached to an aromatic ring is 1. The number of para-hydroxylation sites is 3. The van der Waals surface area contributed by atoms with Crippen molar-refractivity contribution in [3.63, 3.8) is 0 Å². The van der Waals surface area contributed by atoms with Gasteiger partial charge in [0.2, 0.25) is 0 Å². The zero-order valence-electron chi connectivity index (χ0n) is 17.9. The third-order valence-electron chi connectivity index (χ3n) is 5.45. The molecular weight excluding hydrogens is 388 g/mol. The third-order valence-corrected chi connectivity index (χ3v) is 5.45. The minimum atomic E-state index is -0.449. The highest BCUT2D eigenvalue weighted by Gasteiger charge is 2.25. The molecule has 6 nitrogen and oxygen atoms in total. The number of nitrogens with zero attached hydrogens (tertiary/aromatic N) is 3. The van der Waals surface area contributed by atoms with Crippen LogP contribution in [-0.4, -0.2) is 27.1 Å². The van der Waals surface area contributed by atoms with Gasteiger partial charge >= 0.3 is 5.97 Å². The lowest BCUT2D eigenvalue weighted by Gasteiger charge is -2.08. The van der Waals surface area contributed by atoms with Gasteiger partial charge in [0.25, 0.3) is 0 Å². The van der Waals surface area contributed by atoms with Crippen LogP contribution in [0.4, 0.5) is 5.82 Å². The molecule has 0 spiro atoms. The Hall–Kier alpha value is -3.41. The summed E-state index contributed by atoms with van der Waals surface area (Å²) in [5, 5.41) is 0. The summed E-state index contributed by atoms with van der Waals surface area (Å²) >= 11 is 0. The van der Waals surface area contributed by atoms with Crippen LogP contribution in [0.25, 0.3) is 27.9 Å². The monoisotopic (exact) mass is 416 g/mol. The van der Waals surface area contributed by atoms with Gasteiger partial charge in [-0.05, 0) is 30.7 Å². The summed E-state index contributed by atoms with van der Waals surface area (Å²) in [7, 11) is 0. The molecule has 0 fully saturated rings. The zero-order chi connectivity index (χ0) is 21.6. The van der Waals surface area contributed by atoms with Crippen molar-refractivity contribution in [2.24, 2.45) is 0 Å². The summed E-state index contributed by atoms with van der Waals surface area (Å²) in [5.74, 6) is -0.153. The van der Waals surface area contributed by atoms with Gasteiger partial charge in [0.05, 0.1) is 17.6 Å². The van der Waals surface area contributed by atoms with E-state index in [1.54, 1.807) is 4.57 Å². The molecule has 0 aliphatic heterocycles. The first-order chi connectivity index (χ1) is 15.2. The van der Waals surface area contributed by atoms with Crippen molar-refractivity contribution in [1.29, 1.82) is 0 Å². The molecule has 160 valence electrons. The minimum Gasteiger partial charge on any atom is -0.462 e. The fourth-order valence-electron chi connectivity index (χ4n) is 3.82. The van der Waals surface area contributed by atoms with E-state index in [1.165, 1.54) is 19.3 Å². The van der Waals surface area contributed by atoms with Crippen LogP contribution in [0.1, 0.15) is 55.8 Å². The lowest BCUT2D eigenvalue weighted by molar-refractivity contribution is 0.0501. The van der Waals surface area contributed by atoms with E-state index in [2.05, 4.69) is 6.92 Å². The number of fused-ring (bicyclic) bond motifs is 2. The molecule has 0 saturated heterocycles. The van der Waals surface area contributed by atoms with E-state index < -0.39 is 5.97 Å². The first-order valence-electron chi connectivity index (χ1n) is 11.0. The number of esters is 1. The quantitative estimate of drug-likeness (QED) is 0.281. The molecule has 4 aromatic rings. The second-order valence-electron chi connectivity index (χ2n) is 7.72. The van der Waals surface area contributed by atoms with Crippen molar-refractivity contribution < 1.29 is 9.53 Å². The number of unbranched alkanes of at least 4 members (excludes halogenated alkanes) is 5. The van der Waals surface area contributed by atoms with Gasteiger partial charge in [0.15, 0.2) is 5.65 Å². The number of hydrogen-bond acceptors (Lipinski definition) is 5. The van der Waals surface area contributed by atoms with Crippen LogP contribution in [-0.2, 0) is 4.74 Å². The number of hydrogen-bond donors (Lipinski definition) is 1. The number of carbonyl (C=O) groups is 1. The van der Waals surface area contributed by atoms with E-state index in [0.717, 1.165) is 30.5 Å². The topological polar surface area (TPSA) is 83.0 Å². The third kappa shape index (κ3) is 4.38. The largest absolute Gasteiger partial charge is 0.462 e. The van der Waals surface area contributed by atoms with E-state index in [9.17, 15) is 4.79 Å². The minimum absolute atomic E-state index is 0.281. The van der Waals surface area contributed by atoms with Gasteiger partial charge < -0.3 is 10.5 Å². The molecule has 0 amide bonds. The van der Waals surface area contributed by atoms with Crippen LogP contribution in [0.15, 0.2) is 54.6 Å². The number of rotatable bonds is 9. The molecule has 31 heavy (non-hydrogen) atoms. The van der Waals surface area contributed by atoms with Crippen molar-refractivity contribution >= 4 is 34.0 Å². The maximum absolute atomic E-state index is 13.0. The molecule has 0 saturated carbocycles. The van der Waals surface area contributed by atoms with Gasteiger partial charge in [-0.25, -0.2) is 14.8 Å². The van der Waals surface area contributed by atoms with E-state index in [0.29, 0.717) is 29.1 Å². The fourth-order valence-corrected chi connectivity index (χ4v) is 3.82.